The van der Waals surface area contributed by atoms with E-state index >= 15 is 0 Å². The van der Waals surface area contributed by atoms with Gasteiger partial charge in [-0.1, -0.05) is 13.0 Å². The summed E-state index contributed by atoms with van der Waals surface area (Å²) in [5.74, 6) is 5.54. The predicted octanol–water partition coefficient (Wildman–Crippen LogP) is 2.68. The van der Waals surface area contributed by atoms with Crippen molar-refractivity contribution in [2.45, 2.75) is 45.7 Å². The highest BCUT2D eigenvalue weighted by Crippen LogP contribution is 2.35. The van der Waals surface area contributed by atoms with E-state index < -0.39 is 0 Å². The largest absolute Gasteiger partial charge is 0.302 e. The lowest BCUT2D eigenvalue weighted by molar-refractivity contribution is 0.111. The van der Waals surface area contributed by atoms with Crippen molar-refractivity contribution in [2.75, 3.05) is 14.1 Å². The zero-order chi connectivity index (χ0) is 14.8. The summed E-state index contributed by atoms with van der Waals surface area (Å²) in [6.07, 6.45) is 0.863. The molecule has 0 aliphatic carbocycles. The van der Waals surface area contributed by atoms with Crippen LogP contribution < -0.4 is 11.3 Å². The molecule has 0 saturated carbocycles. The molecule has 3 nitrogen and oxygen atoms in total. The lowest BCUT2D eigenvalue weighted by Crippen LogP contribution is -2.53. The van der Waals surface area contributed by atoms with E-state index in [1.165, 1.54) is 0 Å². The Morgan fingerprint density at radius 3 is 2.32 bits per heavy atom. The number of aryl methyl sites for hydroxylation is 2. The third kappa shape index (κ3) is 2.96. The van der Waals surface area contributed by atoms with Gasteiger partial charge in [0.15, 0.2) is 0 Å². The van der Waals surface area contributed by atoms with Gasteiger partial charge in [-0.25, -0.2) is 4.39 Å². The predicted molar refractivity (Wildman–Crippen MR) is 78.3 cm³/mol. The number of halogens is 1. The third-order valence-electron chi connectivity index (χ3n) is 4.30. The molecule has 0 aliphatic heterocycles. The molecular weight excluding hydrogens is 241 g/mol. The van der Waals surface area contributed by atoms with Gasteiger partial charge in [0.05, 0.1) is 6.04 Å². The minimum atomic E-state index is -0.256. The standard InChI is InChI=1S/C15H26FN3/c1-7-15(4,19(5)6)14(18-17)13-11(3)8-10(2)9-12(13)16/h8-9,14,18H,7,17H2,1-6H3. The van der Waals surface area contributed by atoms with Crippen LogP contribution in [0.5, 0.6) is 0 Å². The molecule has 0 aromatic heterocycles. The first-order valence-electron chi connectivity index (χ1n) is 6.68. The molecule has 0 fully saturated rings. The number of nitrogens with two attached hydrogens (primary N) is 1. The van der Waals surface area contributed by atoms with E-state index in [1.807, 2.05) is 34.0 Å². The normalized spacial score (nSPS) is 16.5. The van der Waals surface area contributed by atoms with Gasteiger partial charge in [-0.05, 0) is 58.5 Å². The minimum Gasteiger partial charge on any atom is -0.302 e. The van der Waals surface area contributed by atoms with Gasteiger partial charge < -0.3 is 4.90 Å². The number of nitrogens with one attached hydrogen (secondary N) is 1. The maximum absolute atomic E-state index is 14.4. The van der Waals surface area contributed by atoms with Crippen LogP contribution >= 0.6 is 0 Å². The summed E-state index contributed by atoms with van der Waals surface area (Å²) in [6, 6.07) is 3.31. The van der Waals surface area contributed by atoms with Crippen molar-refractivity contribution >= 4 is 0 Å². The van der Waals surface area contributed by atoms with Crippen molar-refractivity contribution in [1.82, 2.24) is 10.3 Å². The van der Waals surface area contributed by atoms with Crippen LogP contribution in [0.25, 0.3) is 0 Å². The smallest absolute Gasteiger partial charge is 0.128 e. The zero-order valence-electron chi connectivity index (χ0n) is 12.8. The Labute approximate surface area is 116 Å². The molecule has 1 aromatic carbocycles. The fraction of sp³-hybridized carbons (Fsp3) is 0.600. The van der Waals surface area contributed by atoms with E-state index in [0.29, 0.717) is 5.56 Å². The van der Waals surface area contributed by atoms with Gasteiger partial charge in [-0.15, -0.1) is 0 Å². The molecule has 0 aliphatic rings. The van der Waals surface area contributed by atoms with Gasteiger partial charge in [-0.3, -0.25) is 11.3 Å². The number of likely N-dealkylation sites (N-methyl/N-ethyl adjacent to an activating group) is 1. The molecule has 3 N–H and O–H groups in total. The molecule has 1 rings (SSSR count). The first kappa shape index (κ1) is 16.1. The van der Waals surface area contributed by atoms with Gasteiger partial charge in [0.25, 0.3) is 0 Å². The van der Waals surface area contributed by atoms with E-state index in [1.54, 1.807) is 6.07 Å². The van der Waals surface area contributed by atoms with Gasteiger partial charge in [0.2, 0.25) is 0 Å². The summed E-state index contributed by atoms with van der Waals surface area (Å²) in [5.41, 5.74) is 5.08. The number of hydrogen-bond acceptors (Lipinski definition) is 3. The molecule has 0 spiro atoms. The van der Waals surface area contributed by atoms with Crippen LogP contribution in [-0.4, -0.2) is 24.5 Å². The zero-order valence-corrected chi connectivity index (χ0v) is 12.8. The van der Waals surface area contributed by atoms with E-state index in [4.69, 9.17) is 5.84 Å². The monoisotopic (exact) mass is 267 g/mol. The summed E-state index contributed by atoms with van der Waals surface area (Å²) < 4.78 is 14.4. The fourth-order valence-corrected chi connectivity index (χ4v) is 2.64. The molecular formula is C15H26FN3. The Morgan fingerprint density at radius 2 is 1.95 bits per heavy atom. The molecule has 2 unspecified atom stereocenters. The Bertz CT molecular complexity index is 422. The number of benzene rings is 1. The Hall–Kier alpha value is -0.970. The molecule has 0 amide bonds. The van der Waals surface area contributed by atoms with Crippen LogP contribution in [-0.2, 0) is 0 Å². The minimum absolute atomic E-state index is 0.193. The van der Waals surface area contributed by atoms with E-state index in [9.17, 15) is 4.39 Å². The van der Waals surface area contributed by atoms with Crippen LogP contribution in [0.3, 0.4) is 0 Å². The number of hydrazine groups is 1. The second kappa shape index (κ2) is 5.99. The topological polar surface area (TPSA) is 41.3 Å². The van der Waals surface area contributed by atoms with Crippen molar-refractivity contribution in [2.24, 2.45) is 5.84 Å². The van der Waals surface area contributed by atoms with Crippen molar-refractivity contribution in [3.63, 3.8) is 0 Å². The first-order chi connectivity index (χ1) is 8.77. The second-order valence-corrected chi connectivity index (χ2v) is 5.68. The molecule has 0 radical (unpaired) electrons. The van der Waals surface area contributed by atoms with Crippen molar-refractivity contribution in [3.05, 3.63) is 34.6 Å². The highest BCUT2D eigenvalue weighted by atomic mass is 19.1. The summed E-state index contributed by atoms with van der Waals surface area (Å²) >= 11 is 0. The van der Waals surface area contributed by atoms with E-state index in [0.717, 1.165) is 17.5 Å². The Balaban J connectivity index is 3.39. The van der Waals surface area contributed by atoms with Crippen molar-refractivity contribution in [1.29, 1.82) is 0 Å². The molecule has 2 atom stereocenters. The maximum atomic E-state index is 14.4. The van der Waals surface area contributed by atoms with Crippen LogP contribution in [0.2, 0.25) is 0 Å². The van der Waals surface area contributed by atoms with Crippen molar-refractivity contribution < 1.29 is 4.39 Å². The van der Waals surface area contributed by atoms with E-state index in [2.05, 4.69) is 24.2 Å². The average Bonchev–Trinajstić information content (AvgIpc) is 2.32. The number of rotatable bonds is 5. The fourth-order valence-electron chi connectivity index (χ4n) is 2.64. The number of hydrogen-bond donors (Lipinski definition) is 2. The maximum Gasteiger partial charge on any atom is 0.128 e. The van der Waals surface area contributed by atoms with Crippen molar-refractivity contribution in [3.8, 4) is 0 Å². The summed E-state index contributed by atoms with van der Waals surface area (Å²) in [4.78, 5) is 2.09. The van der Waals surface area contributed by atoms with Crippen LogP contribution in [0, 0.1) is 19.7 Å². The molecule has 4 heteroatoms. The highest BCUT2D eigenvalue weighted by molar-refractivity contribution is 5.36. The molecule has 0 bridgehead atoms. The van der Waals surface area contributed by atoms with Crippen LogP contribution in [0.1, 0.15) is 43.0 Å². The quantitative estimate of drug-likeness (QED) is 0.636. The Kier molecular flexibility index (Phi) is 5.07. The molecule has 19 heavy (non-hydrogen) atoms. The van der Waals surface area contributed by atoms with E-state index in [-0.39, 0.29) is 17.4 Å². The Morgan fingerprint density at radius 1 is 1.37 bits per heavy atom. The van der Waals surface area contributed by atoms with Gasteiger partial charge in [0, 0.05) is 11.1 Å². The molecule has 0 heterocycles. The second-order valence-electron chi connectivity index (χ2n) is 5.68. The van der Waals surface area contributed by atoms with Gasteiger partial charge in [-0.2, -0.15) is 0 Å². The van der Waals surface area contributed by atoms with Gasteiger partial charge >= 0.3 is 0 Å². The molecule has 0 saturated heterocycles. The average molecular weight is 267 g/mol. The third-order valence-corrected chi connectivity index (χ3v) is 4.30. The first-order valence-corrected chi connectivity index (χ1v) is 6.68. The summed E-state index contributed by atoms with van der Waals surface area (Å²) in [5, 5.41) is 0. The molecule has 108 valence electrons. The summed E-state index contributed by atoms with van der Waals surface area (Å²) in [6.45, 7) is 8.01. The lowest BCUT2D eigenvalue weighted by Gasteiger charge is -2.43. The SMILES string of the molecule is CCC(C)(C(NN)c1c(C)cc(C)cc1F)N(C)C. The van der Waals surface area contributed by atoms with Crippen LogP contribution in [0.4, 0.5) is 4.39 Å². The van der Waals surface area contributed by atoms with Gasteiger partial charge in [0.1, 0.15) is 5.82 Å². The van der Waals surface area contributed by atoms with Crippen LogP contribution in [0.15, 0.2) is 12.1 Å². The molecule has 1 aromatic rings. The highest BCUT2D eigenvalue weighted by Gasteiger charge is 2.37. The lowest BCUT2D eigenvalue weighted by atomic mass is 9.81. The number of nitrogens with zero attached hydrogens (tertiary/aromatic N) is 1. The summed E-state index contributed by atoms with van der Waals surface area (Å²) in [7, 11) is 3.99.